The van der Waals surface area contributed by atoms with E-state index in [1.807, 2.05) is 18.2 Å². The fraction of sp³-hybridized carbons (Fsp3) is 0. The summed E-state index contributed by atoms with van der Waals surface area (Å²) < 4.78 is 9.26. The quantitative estimate of drug-likeness (QED) is 0.177. The van der Waals surface area contributed by atoms with E-state index < -0.39 is 0 Å². The number of furan rings is 1. The van der Waals surface area contributed by atoms with Crippen molar-refractivity contribution in [3.8, 4) is 50.6 Å². The Hall–Kier alpha value is -7.82. The molecule has 270 valence electrons. The van der Waals surface area contributed by atoms with E-state index in [-0.39, 0.29) is 0 Å². The van der Waals surface area contributed by atoms with Crippen LogP contribution in [0.2, 0.25) is 0 Å². The van der Waals surface area contributed by atoms with Gasteiger partial charge in [0.05, 0.1) is 16.7 Å². The van der Waals surface area contributed by atoms with Crippen LogP contribution in [0, 0.1) is 0 Å². The molecule has 0 N–H and O–H groups in total. The van der Waals surface area contributed by atoms with E-state index in [1.165, 1.54) is 21.5 Å². The highest BCUT2D eigenvalue weighted by atomic mass is 16.3. The minimum Gasteiger partial charge on any atom is -0.452 e. The van der Waals surface area contributed by atoms with Gasteiger partial charge in [0.25, 0.3) is 0 Å². The van der Waals surface area contributed by atoms with Crippen molar-refractivity contribution in [3.05, 3.63) is 200 Å². The van der Waals surface area contributed by atoms with Crippen LogP contribution in [0.3, 0.4) is 0 Å². The monoisotopic (exact) mass is 739 g/mol. The lowest BCUT2D eigenvalue weighted by molar-refractivity contribution is 0.667. The molecule has 0 unspecified atom stereocenters. The molecule has 3 heterocycles. The van der Waals surface area contributed by atoms with E-state index in [1.54, 1.807) is 0 Å². The fourth-order valence-electron chi connectivity index (χ4n) is 8.84. The van der Waals surface area contributed by atoms with Crippen LogP contribution >= 0.6 is 0 Å². The van der Waals surface area contributed by atoms with Gasteiger partial charge in [0.1, 0.15) is 16.8 Å². The van der Waals surface area contributed by atoms with Crippen molar-refractivity contribution in [2.45, 2.75) is 0 Å². The summed E-state index contributed by atoms with van der Waals surface area (Å²) in [5, 5.41) is 8.09. The number of fused-ring (bicyclic) bond motifs is 8. The lowest BCUT2D eigenvalue weighted by atomic mass is 9.93. The molecule has 0 bridgehead atoms. The third-order valence-electron chi connectivity index (χ3n) is 11.5. The number of hydrogen-bond acceptors (Lipinski definition) is 3. The van der Waals surface area contributed by atoms with E-state index in [9.17, 15) is 0 Å². The molecule has 0 aliphatic rings. The molecule has 12 rings (SSSR count). The Morgan fingerprint density at radius 1 is 0.379 bits per heavy atom. The number of rotatable bonds is 5. The van der Waals surface area contributed by atoms with Crippen LogP contribution in [0.5, 0.6) is 0 Å². The number of para-hydroxylation sites is 1. The highest BCUT2D eigenvalue weighted by Crippen LogP contribution is 2.43. The van der Waals surface area contributed by atoms with Crippen molar-refractivity contribution in [3.63, 3.8) is 0 Å². The maximum absolute atomic E-state index is 6.84. The average molecular weight is 740 g/mol. The zero-order valence-corrected chi connectivity index (χ0v) is 31.3. The molecule has 3 aromatic heterocycles. The fourth-order valence-corrected chi connectivity index (χ4v) is 8.84. The summed E-state index contributed by atoms with van der Waals surface area (Å²) in [6.07, 6.45) is 0. The molecule has 58 heavy (non-hydrogen) atoms. The molecule has 0 amide bonds. The highest BCUT2D eigenvalue weighted by molar-refractivity contribution is 6.15. The maximum atomic E-state index is 6.84. The van der Waals surface area contributed by atoms with E-state index in [4.69, 9.17) is 14.4 Å². The predicted molar refractivity (Wildman–Crippen MR) is 240 cm³/mol. The molecular formula is C54H33N3O. The molecule has 4 nitrogen and oxygen atoms in total. The molecular weight excluding hydrogens is 707 g/mol. The Morgan fingerprint density at radius 3 is 1.69 bits per heavy atom. The molecule has 0 atom stereocenters. The highest BCUT2D eigenvalue weighted by Gasteiger charge is 2.22. The molecule has 4 heteroatoms. The van der Waals surface area contributed by atoms with Crippen LogP contribution in [-0.4, -0.2) is 14.5 Å². The van der Waals surface area contributed by atoms with Crippen LogP contribution in [0.25, 0.3) is 116 Å². The zero-order chi connectivity index (χ0) is 38.2. The van der Waals surface area contributed by atoms with Crippen molar-refractivity contribution in [1.82, 2.24) is 14.5 Å². The molecule has 0 radical (unpaired) electrons. The number of hydrogen-bond donors (Lipinski definition) is 0. The summed E-state index contributed by atoms with van der Waals surface area (Å²) in [6, 6.07) is 70.9. The van der Waals surface area contributed by atoms with Gasteiger partial charge in [-0.05, 0) is 80.9 Å². The molecule has 0 aliphatic carbocycles. The van der Waals surface area contributed by atoms with Gasteiger partial charge in [-0.2, -0.15) is 0 Å². The second-order valence-corrected chi connectivity index (χ2v) is 15.0. The molecule has 0 aliphatic heterocycles. The Labute approximate surface area is 333 Å². The van der Waals surface area contributed by atoms with Crippen molar-refractivity contribution < 1.29 is 4.42 Å². The summed E-state index contributed by atoms with van der Waals surface area (Å²) in [7, 11) is 0. The Morgan fingerprint density at radius 2 is 0.966 bits per heavy atom. The van der Waals surface area contributed by atoms with E-state index >= 15 is 0 Å². The Bertz CT molecular complexity index is 3550. The van der Waals surface area contributed by atoms with Crippen molar-refractivity contribution >= 4 is 65.4 Å². The zero-order valence-electron chi connectivity index (χ0n) is 31.3. The lowest BCUT2D eigenvalue weighted by Gasteiger charge is -2.15. The van der Waals surface area contributed by atoms with E-state index in [0.717, 1.165) is 83.1 Å². The summed E-state index contributed by atoms with van der Waals surface area (Å²) in [5.41, 5.74) is 12.8. The van der Waals surface area contributed by atoms with Gasteiger partial charge < -0.3 is 8.98 Å². The summed E-state index contributed by atoms with van der Waals surface area (Å²) in [4.78, 5) is 10.8. The minimum atomic E-state index is 0.640. The third-order valence-corrected chi connectivity index (χ3v) is 11.5. The molecule has 0 spiro atoms. The first-order valence-electron chi connectivity index (χ1n) is 19.7. The Balaban J connectivity index is 1.16. The summed E-state index contributed by atoms with van der Waals surface area (Å²) in [5.74, 6) is 0.640. The smallest absolute Gasteiger partial charge is 0.180 e. The summed E-state index contributed by atoms with van der Waals surface area (Å²) >= 11 is 0. The van der Waals surface area contributed by atoms with Crippen LogP contribution in [0.4, 0.5) is 0 Å². The molecule has 0 fully saturated rings. The normalized spacial score (nSPS) is 11.8. The van der Waals surface area contributed by atoms with Gasteiger partial charge >= 0.3 is 0 Å². The second-order valence-electron chi connectivity index (χ2n) is 15.0. The minimum absolute atomic E-state index is 0.640. The van der Waals surface area contributed by atoms with Crippen molar-refractivity contribution in [2.75, 3.05) is 0 Å². The van der Waals surface area contributed by atoms with Gasteiger partial charge in [0.2, 0.25) is 0 Å². The van der Waals surface area contributed by atoms with Gasteiger partial charge in [-0.25, -0.2) is 9.97 Å². The molecule has 12 aromatic rings. The third kappa shape index (κ3) is 5.09. The number of benzene rings is 9. The first kappa shape index (κ1) is 32.4. The molecule has 9 aromatic carbocycles. The second kappa shape index (κ2) is 12.9. The van der Waals surface area contributed by atoms with Gasteiger partial charge in [-0.3, -0.25) is 0 Å². The largest absolute Gasteiger partial charge is 0.452 e. The maximum Gasteiger partial charge on any atom is 0.180 e. The first-order chi connectivity index (χ1) is 28.7. The SMILES string of the molecule is c1ccc(-c2cc3oc4c(-c5ccccc5)nc(-c5cc(-n6c7ccccc7c7cc8ccccc8cc76)c6ccccc6c5)nc4c3cc2-c2ccccc2)cc1. The lowest BCUT2D eigenvalue weighted by Crippen LogP contribution is -1.99. The van der Waals surface area contributed by atoms with Crippen LogP contribution in [-0.2, 0) is 0 Å². The molecule has 0 saturated heterocycles. The van der Waals surface area contributed by atoms with E-state index in [2.05, 4.69) is 187 Å². The van der Waals surface area contributed by atoms with Crippen molar-refractivity contribution in [1.29, 1.82) is 0 Å². The van der Waals surface area contributed by atoms with Gasteiger partial charge in [0, 0.05) is 32.7 Å². The Kier molecular flexibility index (Phi) is 7.20. The van der Waals surface area contributed by atoms with Gasteiger partial charge in [-0.1, -0.05) is 158 Å². The van der Waals surface area contributed by atoms with Crippen LogP contribution < -0.4 is 0 Å². The van der Waals surface area contributed by atoms with Gasteiger partial charge in [-0.15, -0.1) is 0 Å². The van der Waals surface area contributed by atoms with Crippen molar-refractivity contribution in [2.24, 2.45) is 0 Å². The average Bonchev–Trinajstić information content (AvgIpc) is 3.82. The number of aromatic nitrogens is 3. The van der Waals surface area contributed by atoms with E-state index in [0.29, 0.717) is 11.4 Å². The number of nitrogens with zero attached hydrogens (tertiary/aromatic N) is 3. The summed E-state index contributed by atoms with van der Waals surface area (Å²) in [6.45, 7) is 0. The first-order valence-corrected chi connectivity index (χ1v) is 19.7. The predicted octanol–water partition coefficient (Wildman–Crippen LogP) is 14.4. The van der Waals surface area contributed by atoms with Gasteiger partial charge in [0.15, 0.2) is 11.4 Å². The standard InChI is InChI=1S/C54H33N3O/c1-4-16-34(17-5-1)43-32-46-50(33-44(43)35-18-6-2-7-19-35)58-53-51(36-20-8-3-9-21-36)55-54(56-52(46)53)40-28-39-24-12-13-25-41(39)48(31-40)57-47-27-15-14-26-42(47)45-29-37-22-10-11-23-38(37)30-49(45)57/h1-33H. The molecule has 0 saturated carbocycles. The topological polar surface area (TPSA) is 43.9 Å². The van der Waals surface area contributed by atoms with Crippen LogP contribution in [0.1, 0.15) is 0 Å². The van der Waals surface area contributed by atoms with Crippen LogP contribution in [0.15, 0.2) is 205 Å².